The summed E-state index contributed by atoms with van der Waals surface area (Å²) in [6.45, 7) is 1.16. The number of nitro benzene ring substituents is 1. The van der Waals surface area contributed by atoms with Crippen LogP contribution in [-0.4, -0.2) is 39.7 Å². The highest BCUT2D eigenvalue weighted by Gasteiger charge is 2.29. The van der Waals surface area contributed by atoms with Crippen LogP contribution in [0.5, 0.6) is 5.75 Å². The number of amides is 2. The Kier molecular flexibility index (Phi) is 5.30. The largest absolute Gasteiger partial charge is 0.482 e. The van der Waals surface area contributed by atoms with E-state index in [9.17, 15) is 19.7 Å². The number of hydrogen-bond acceptors (Lipinski definition) is 6. The molecule has 0 spiro atoms. The molecule has 2 heterocycles. The second kappa shape index (κ2) is 8.07. The van der Waals surface area contributed by atoms with Gasteiger partial charge >= 0.3 is 0 Å². The Labute approximate surface area is 181 Å². The summed E-state index contributed by atoms with van der Waals surface area (Å²) in [5, 5.41) is 18.7. The van der Waals surface area contributed by atoms with Crippen LogP contribution in [0.25, 0.3) is 5.69 Å². The van der Waals surface area contributed by atoms with Crippen LogP contribution in [0, 0.1) is 17.0 Å². The Morgan fingerprint density at radius 1 is 1.29 bits per heavy atom. The number of nitrogens with one attached hydrogen (secondary N) is 1. The van der Waals surface area contributed by atoms with Gasteiger partial charge in [-0.1, -0.05) is 17.7 Å². The lowest BCUT2D eigenvalue weighted by Gasteiger charge is -2.28. The molecule has 1 aliphatic rings. The van der Waals surface area contributed by atoms with Gasteiger partial charge in [0.2, 0.25) is 5.91 Å². The zero-order chi connectivity index (χ0) is 22.1. The number of nitrogens with zero attached hydrogens (tertiary/aromatic N) is 4. The second-order valence-electron chi connectivity index (χ2n) is 6.79. The Hall–Kier alpha value is -3.92. The van der Waals surface area contributed by atoms with Gasteiger partial charge in [0.05, 0.1) is 22.0 Å². The average Bonchev–Trinajstić information content (AvgIpc) is 3.09. The summed E-state index contributed by atoms with van der Waals surface area (Å²) in [6.07, 6.45) is 0. The third-order valence-corrected chi connectivity index (χ3v) is 4.78. The lowest BCUT2D eigenvalue weighted by atomic mass is 10.2. The maximum Gasteiger partial charge on any atom is 0.271 e. The van der Waals surface area contributed by atoms with E-state index in [1.54, 1.807) is 37.3 Å². The summed E-state index contributed by atoms with van der Waals surface area (Å²) in [6, 6.07) is 12.5. The van der Waals surface area contributed by atoms with E-state index in [0.717, 1.165) is 4.90 Å². The number of benzene rings is 2. The van der Waals surface area contributed by atoms with Crippen molar-refractivity contribution in [3.63, 3.8) is 0 Å². The van der Waals surface area contributed by atoms with Crippen molar-refractivity contribution in [2.24, 2.45) is 0 Å². The van der Waals surface area contributed by atoms with E-state index in [1.165, 1.54) is 22.9 Å². The van der Waals surface area contributed by atoms with Gasteiger partial charge in [-0.15, -0.1) is 0 Å². The number of halogens is 1. The highest BCUT2D eigenvalue weighted by Crippen LogP contribution is 2.35. The molecule has 0 unspecified atom stereocenters. The van der Waals surface area contributed by atoms with Crippen molar-refractivity contribution < 1.29 is 19.2 Å². The molecule has 1 aliphatic heterocycles. The van der Waals surface area contributed by atoms with Crippen LogP contribution < -0.4 is 15.0 Å². The van der Waals surface area contributed by atoms with Crippen LogP contribution in [0.3, 0.4) is 0 Å². The highest BCUT2D eigenvalue weighted by molar-refractivity contribution is 6.30. The van der Waals surface area contributed by atoms with Crippen molar-refractivity contribution in [3.05, 3.63) is 69.4 Å². The Bertz CT molecular complexity index is 1210. The van der Waals surface area contributed by atoms with E-state index in [1.807, 2.05) is 0 Å². The number of anilines is 2. The van der Waals surface area contributed by atoms with Gasteiger partial charge in [0.15, 0.2) is 6.61 Å². The number of aryl methyl sites for hydroxylation is 1. The highest BCUT2D eigenvalue weighted by atomic mass is 35.5. The minimum Gasteiger partial charge on any atom is -0.482 e. The number of aromatic nitrogens is 2. The number of nitro groups is 1. The lowest BCUT2D eigenvalue weighted by Crippen LogP contribution is -2.43. The number of rotatable bonds is 5. The fourth-order valence-corrected chi connectivity index (χ4v) is 3.38. The van der Waals surface area contributed by atoms with E-state index in [2.05, 4.69) is 10.4 Å². The molecule has 4 rings (SSSR count). The first-order chi connectivity index (χ1) is 14.8. The molecule has 0 atom stereocenters. The molecule has 0 aliphatic carbocycles. The van der Waals surface area contributed by atoms with Gasteiger partial charge in [0, 0.05) is 23.2 Å². The first-order valence-corrected chi connectivity index (χ1v) is 9.53. The Balaban J connectivity index is 1.59. The van der Waals surface area contributed by atoms with Crippen molar-refractivity contribution in [1.29, 1.82) is 0 Å². The van der Waals surface area contributed by atoms with Gasteiger partial charge in [-0.25, -0.2) is 4.68 Å². The number of carbonyl (C=O) groups is 2. The van der Waals surface area contributed by atoms with Gasteiger partial charge in [-0.05, 0) is 31.2 Å². The van der Waals surface area contributed by atoms with Crippen molar-refractivity contribution in [3.8, 4) is 11.4 Å². The van der Waals surface area contributed by atoms with Crippen LogP contribution in [0.1, 0.15) is 5.69 Å². The first-order valence-electron chi connectivity index (χ1n) is 9.16. The molecule has 31 heavy (non-hydrogen) atoms. The topological polar surface area (TPSA) is 120 Å². The van der Waals surface area contributed by atoms with Crippen molar-refractivity contribution >= 4 is 40.6 Å². The number of hydrogen-bond donors (Lipinski definition) is 1. The molecule has 158 valence electrons. The van der Waals surface area contributed by atoms with Crippen LogP contribution in [0.4, 0.5) is 17.2 Å². The molecule has 3 aromatic rings. The maximum absolute atomic E-state index is 12.8. The van der Waals surface area contributed by atoms with Gasteiger partial charge < -0.3 is 10.1 Å². The summed E-state index contributed by atoms with van der Waals surface area (Å²) < 4.78 is 6.85. The van der Waals surface area contributed by atoms with Crippen molar-refractivity contribution in [2.75, 3.05) is 23.4 Å². The zero-order valence-corrected chi connectivity index (χ0v) is 17.0. The molecule has 2 aromatic carbocycles. The molecule has 0 saturated carbocycles. The Morgan fingerprint density at radius 2 is 2.10 bits per heavy atom. The fraction of sp³-hybridized carbons (Fsp3) is 0.150. The molecule has 2 amide bonds. The summed E-state index contributed by atoms with van der Waals surface area (Å²) >= 11 is 6.05. The van der Waals surface area contributed by atoms with Gasteiger partial charge in [0.25, 0.3) is 11.6 Å². The third-order valence-electron chi connectivity index (χ3n) is 4.55. The molecule has 0 fully saturated rings. The minimum atomic E-state index is -0.579. The summed E-state index contributed by atoms with van der Waals surface area (Å²) in [5.74, 6) is -0.305. The molecule has 1 aromatic heterocycles. The van der Waals surface area contributed by atoms with E-state index < -0.39 is 16.7 Å². The quantitative estimate of drug-likeness (QED) is 0.480. The van der Waals surface area contributed by atoms with E-state index >= 15 is 0 Å². The molecule has 0 radical (unpaired) electrons. The summed E-state index contributed by atoms with van der Waals surface area (Å²) in [7, 11) is 0. The standard InChI is InChI=1S/C20H16ClN5O5/c1-12-7-18(25(23-12)14-4-2-3-13(21)8-14)22-19(27)10-24-16-9-15(26(29)30)5-6-17(16)31-11-20(24)28/h2-9H,10-11H2,1H3,(H,22,27). The number of ether oxygens (including phenoxy) is 1. The summed E-state index contributed by atoms with van der Waals surface area (Å²) in [4.78, 5) is 36.8. The predicted molar refractivity (Wildman–Crippen MR) is 113 cm³/mol. The molecule has 0 bridgehead atoms. The fourth-order valence-electron chi connectivity index (χ4n) is 3.20. The van der Waals surface area contributed by atoms with Crippen molar-refractivity contribution in [2.45, 2.75) is 6.92 Å². The molecule has 10 nitrogen and oxygen atoms in total. The number of fused-ring (bicyclic) bond motifs is 1. The lowest BCUT2D eigenvalue weighted by molar-refractivity contribution is -0.384. The summed E-state index contributed by atoms with van der Waals surface area (Å²) in [5.41, 5.74) is 1.27. The molecule has 1 N–H and O–H groups in total. The molecular weight excluding hydrogens is 426 g/mol. The SMILES string of the molecule is Cc1cc(NC(=O)CN2C(=O)COc3ccc([N+](=O)[O-])cc32)n(-c2cccc(Cl)c2)n1. The average molecular weight is 442 g/mol. The predicted octanol–water partition coefficient (Wildman–Crippen LogP) is 3.11. The Morgan fingerprint density at radius 3 is 2.84 bits per heavy atom. The maximum atomic E-state index is 12.8. The molecule has 11 heteroatoms. The number of non-ortho nitro benzene ring substituents is 1. The van der Waals surface area contributed by atoms with E-state index in [0.29, 0.717) is 22.2 Å². The van der Waals surface area contributed by atoms with Crippen molar-refractivity contribution in [1.82, 2.24) is 9.78 Å². The van der Waals surface area contributed by atoms with Crippen LogP contribution >= 0.6 is 11.6 Å². The molecular formula is C20H16ClN5O5. The first kappa shape index (κ1) is 20.4. The van der Waals surface area contributed by atoms with Gasteiger partial charge in [-0.2, -0.15) is 5.10 Å². The smallest absolute Gasteiger partial charge is 0.271 e. The van der Waals surface area contributed by atoms with Crippen LogP contribution in [0.15, 0.2) is 48.5 Å². The second-order valence-corrected chi connectivity index (χ2v) is 7.22. The molecule has 0 saturated heterocycles. The van der Waals surface area contributed by atoms with Crippen LogP contribution in [-0.2, 0) is 9.59 Å². The minimum absolute atomic E-state index is 0.167. The van der Waals surface area contributed by atoms with Gasteiger partial charge in [-0.3, -0.25) is 24.6 Å². The monoisotopic (exact) mass is 441 g/mol. The van der Waals surface area contributed by atoms with Crippen LogP contribution in [0.2, 0.25) is 5.02 Å². The third kappa shape index (κ3) is 4.19. The van der Waals surface area contributed by atoms with E-state index in [-0.39, 0.29) is 30.3 Å². The van der Waals surface area contributed by atoms with Gasteiger partial charge in [0.1, 0.15) is 18.1 Å². The van der Waals surface area contributed by atoms with E-state index in [4.69, 9.17) is 16.3 Å². The normalized spacial score (nSPS) is 12.8. The zero-order valence-electron chi connectivity index (χ0n) is 16.2. The number of carbonyl (C=O) groups excluding carboxylic acids is 2.